The molecule has 1 fully saturated rings. The monoisotopic (exact) mass is 261 g/mol. The van der Waals surface area contributed by atoms with Gasteiger partial charge in [-0.15, -0.1) is 0 Å². The van der Waals surface area contributed by atoms with Crippen molar-refractivity contribution >= 4 is 5.97 Å². The summed E-state index contributed by atoms with van der Waals surface area (Å²) in [6.07, 6.45) is -0.760. The van der Waals surface area contributed by atoms with Crippen LogP contribution in [0.15, 0.2) is 0 Å². The predicted molar refractivity (Wildman–Crippen MR) is 65.2 cm³/mol. The number of nitrogens with zero attached hydrogens (tertiary/aromatic N) is 1. The number of methoxy groups -OCH3 is 1. The quantitative estimate of drug-likeness (QED) is 0.484. The van der Waals surface area contributed by atoms with E-state index in [1.807, 2.05) is 13.8 Å². The molecule has 0 radical (unpaired) electrons. The lowest BCUT2D eigenvalue weighted by atomic mass is 10.2. The molecule has 0 amide bonds. The van der Waals surface area contributed by atoms with Gasteiger partial charge < -0.3 is 18.9 Å². The zero-order chi connectivity index (χ0) is 13.4. The third-order valence-corrected chi connectivity index (χ3v) is 2.73. The van der Waals surface area contributed by atoms with Gasteiger partial charge in [-0.05, 0) is 13.8 Å². The molecule has 1 unspecified atom stereocenters. The van der Waals surface area contributed by atoms with Gasteiger partial charge in [0.1, 0.15) is 0 Å². The van der Waals surface area contributed by atoms with Crippen molar-refractivity contribution in [3.8, 4) is 0 Å². The van der Waals surface area contributed by atoms with Crippen LogP contribution in [0.1, 0.15) is 13.8 Å². The lowest BCUT2D eigenvalue weighted by molar-refractivity contribution is -0.171. The van der Waals surface area contributed by atoms with Gasteiger partial charge in [-0.25, -0.2) is 4.79 Å². The fraction of sp³-hybridized carbons (Fsp3) is 0.917. The second-order valence-corrected chi connectivity index (χ2v) is 3.98. The van der Waals surface area contributed by atoms with Crippen molar-refractivity contribution in [3.05, 3.63) is 0 Å². The average molecular weight is 261 g/mol. The van der Waals surface area contributed by atoms with Gasteiger partial charge in [0.25, 0.3) is 0 Å². The summed E-state index contributed by atoms with van der Waals surface area (Å²) < 4.78 is 21.0. The maximum absolute atomic E-state index is 11.4. The molecular formula is C12H23NO5. The Bertz CT molecular complexity index is 243. The molecule has 0 aromatic rings. The number of morpholine rings is 1. The number of rotatable bonds is 7. The van der Waals surface area contributed by atoms with Crippen LogP contribution < -0.4 is 0 Å². The first-order valence-electron chi connectivity index (χ1n) is 6.36. The first-order valence-corrected chi connectivity index (χ1v) is 6.36. The van der Waals surface area contributed by atoms with Crippen molar-refractivity contribution in [2.75, 3.05) is 46.6 Å². The van der Waals surface area contributed by atoms with Crippen molar-refractivity contribution in [1.29, 1.82) is 0 Å². The van der Waals surface area contributed by atoms with Crippen LogP contribution in [0.4, 0.5) is 0 Å². The molecule has 6 nitrogen and oxygen atoms in total. The molecular weight excluding hydrogens is 238 g/mol. The fourth-order valence-corrected chi connectivity index (χ4v) is 1.88. The van der Waals surface area contributed by atoms with E-state index in [0.29, 0.717) is 32.9 Å². The molecule has 1 heterocycles. The molecule has 0 spiro atoms. The second-order valence-electron chi connectivity index (χ2n) is 3.98. The molecule has 1 atom stereocenters. The number of esters is 1. The number of ether oxygens (including phenoxy) is 4. The van der Waals surface area contributed by atoms with Crippen molar-refractivity contribution in [2.45, 2.75) is 26.2 Å². The minimum Gasteiger partial charge on any atom is -0.467 e. The third kappa shape index (κ3) is 4.89. The van der Waals surface area contributed by atoms with E-state index in [0.717, 1.165) is 6.54 Å². The van der Waals surface area contributed by atoms with Gasteiger partial charge in [-0.3, -0.25) is 4.90 Å². The van der Waals surface area contributed by atoms with Crippen LogP contribution in [-0.4, -0.2) is 69.8 Å². The summed E-state index contributed by atoms with van der Waals surface area (Å²) in [4.78, 5) is 13.5. The maximum Gasteiger partial charge on any atom is 0.336 e. The normalized spacial score (nSPS) is 21.2. The van der Waals surface area contributed by atoms with Gasteiger partial charge in [0, 0.05) is 32.8 Å². The standard InChI is InChI=1S/C12H23NO5/c1-4-16-11(17-5-2)9-13-6-7-18-10(8-13)12(14)15-3/h10-11H,4-9H2,1-3H3. The summed E-state index contributed by atoms with van der Waals surface area (Å²) in [7, 11) is 1.37. The highest BCUT2D eigenvalue weighted by Gasteiger charge is 2.28. The number of carbonyl (C=O) groups excluding carboxylic acids is 1. The summed E-state index contributed by atoms with van der Waals surface area (Å²) in [5.41, 5.74) is 0. The first kappa shape index (κ1) is 15.4. The summed E-state index contributed by atoms with van der Waals surface area (Å²) in [6.45, 7) is 7.52. The van der Waals surface area contributed by atoms with Gasteiger partial charge in [0.15, 0.2) is 12.4 Å². The van der Waals surface area contributed by atoms with E-state index in [9.17, 15) is 4.79 Å². The van der Waals surface area contributed by atoms with Gasteiger partial charge in [0.05, 0.1) is 13.7 Å². The lowest BCUT2D eigenvalue weighted by Gasteiger charge is -2.33. The lowest BCUT2D eigenvalue weighted by Crippen LogP contribution is -2.49. The van der Waals surface area contributed by atoms with Gasteiger partial charge in [0.2, 0.25) is 0 Å². The highest BCUT2D eigenvalue weighted by atomic mass is 16.7. The Hall–Kier alpha value is -0.690. The van der Waals surface area contributed by atoms with Crippen LogP contribution in [0.3, 0.4) is 0 Å². The largest absolute Gasteiger partial charge is 0.467 e. The minimum atomic E-state index is -0.507. The molecule has 1 rings (SSSR count). The van der Waals surface area contributed by atoms with Crippen LogP contribution in [0, 0.1) is 0 Å². The Balaban J connectivity index is 2.42. The van der Waals surface area contributed by atoms with Crippen LogP contribution in [0.25, 0.3) is 0 Å². The molecule has 0 aromatic carbocycles. The molecule has 18 heavy (non-hydrogen) atoms. The molecule has 1 saturated heterocycles. The SMILES string of the molecule is CCOC(CN1CCOC(C(=O)OC)C1)OCC. The van der Waals surface area contributed by atoms with Crippen LogP contribution in [0.2, 0.25) is 0 Å². The zero-order valence-electron chi connectivity index (χ0n) is 11.4. The molecule has 106 valence electrons. The Kier molecular flexibility index (Phi) is 7.19. The maximum atomic E-state index is 11.4. The number of hydrogen-bond acceptors (Lipinski definition) is 6. The summed E-state index contributed by atoms with van der Waals surface area (Å²) >= 11 is 0. The highest BCUT2D eigenvalue weighted by Crippen LogP contribution is 2.09. The molecule has 0 aromatic heterocycles. The summed E-state index contributed by atoms with van der Waals surface area (Å²) in [5.74, 6) is -0.330. The third-order valence-electron chi connectivity index (χ3n) is 2.73. The van der Waals surface area contributed by atoms with E-state index in [-0.39, 0.29) is 12.3 Å². The van der Waals surface area contributed by atoms with Crippen LogP contribution in [-0.2, 0) is 23.7 Å². The molecule has 0 saturated carbocycles. The molecule has 1 aliphatic heterocycles. The second kappa shape index (κ2) is 8.42. The van der Waals surface area contributed by atoms with E-state index in [2.05, 4.69) is 9.64 Å². The van der Waals surface area contributed by atoms with Crippen LogP contribution >= 0.6 is 0 Å². The Morgan fingerprint density at radius 1 is 1.39 bits per heavy atom. The van der Waals surface area contributed by atoms with E-state index in [1.54, 1.807) is 0 Å². The van der Waals surface area contributed by atoms with E-state index < -0.39 is 6.10 Å². The Morgan fingerprint density at radius 3 is 2.61 bits per heavy atom. The van der Waals surface area contributed by atoms with E-state index in [1.165, 1.54) is 7.11 Å². The highest BCUT2D eigenvalue weighted by molar-refractivity contribution is 5.74. The molecule has 0 N–H and O–H groups in total. The fourth-order valence-electron chi connectivity index (χ4n) is 1.88. The minimum absolute atomic E-state index is 0.253. The first-order chi connectivity index (χ1) is 8.71. The van der Waals surface area contributed by atoms with Crippen molar-refractivity contribution < 1.29 is 23.7 Å². The van der Waals surface area contributed by atoms with E-state index >= 15 is 0 Å². The van der Waals surface area contributed by atoms with Gasteiger partial charge in [-0.2, -0.15) is 0 Å². The molecule has 6 heteroatoms. The number of hydrogen-bond donors (Lipinski definition) is 0. The van der Waals surface area contributed by atoms with Crippen molar-refractivity contribution in [3.63, 3.8) is 0 Å². The molecule has 0 bridgehead atoms. The number of carbonyl (C=O) groups is 1. The molecule has 0 aliphatic carbocycles. The van der Waals surface area contributed by atoms with Gasteiger partial charge in [-0.1, -0.05) is 0 Å². The Labute approximate surface area is 108 Å². The van der Waals surface area contributed by atoms with Crippen molar-refractivity contribution in [2.24, 2.45) is 0 Å². The zero-order valence-corrected chi connectivity index (χ0v) is 11.4. The smallest absolute Gasteiger partial charge is 0.336 e. The van der Waals surface area contributed by atoms with Gasteiger partial charge >= 0.3 is 5.97 Å². The Morgan fingerprint density at radius 2 is 2.06 bits per heavy atom. The molecule has 1 aliphatic rings. The predicted octanol–water partition coefficient (Wildman–Crippen LogP) is 0.259. The van der Waals surface area contributed by atoms with Crippen molar-refractivity contribution in [1.82, 2.24) is 4.90 Å². The van der Waals surface area contributed by atoms with E-state index in [4.69, 9.17) is 14.2 Å². The average Bonchev–Trinajstić information content (AvgIpc) is 2.39. The summed E-state index contributed by atoms with van der Waals surface area (Å²) in [6, 6.07) is 0. The topological polar surface area (TPSA) is 57.2 Å². The van der Waals surface area contributed by atoms with Crippen LogP contribution in [0.5, 0.6) is 0 Å². The summed E-state index contributed by atoms with van der Waals surface area (Å²) in [5, 5.41) is 0.